The van der Waals surface area contributed by atoms with Crippen molar-refractivity contribution in [1.82, 2.24) is 5.43 Å². The summed E-state index contributed by atoms with van der Waals surface area (Å²) in [4.78, 5) is 0. The Kier molecular flexibility index (Phi) is 6.36. The van der Waals surface area contributed by atoms with E-state index in [1.54, 1.807) is 7.11 Å². The molecule has 0 aliphatic rings. The molecule has 3 rings (SSSR count). The Morgan fingerprint density at radius 2 is 1.69 bits per heavy atom. The first-order chi connectivity index (χ1) is 12.7. The van der Waals surface area contributed by atoms with Crippen LogP contribution in [0.15, 0.2) is 72.8 Å². The predicted octanol–water partition coefficient (Wildman–Crippen LogP) is 5.04. The number of hydrogen-bond acceptors (Lipinski definition) is 4. The third-order valence-electron chi connectivity index (χ3n) is 3.81. The van der Waals surface area contributed by atoms with Crippen molar-refractivity contribution in [2.24, 2.45) is 0 Å². The normalized spacial score (nSPS) is 10.4. The van der Waals surface area contributed by atoms with Gasteiger partial charge in [0.1, 0.15) is 6.61 Å². The van der Waals surface area contributed by atoms with Gasteiger partial charge in [0.15, 0.2) is 11.5 Å². The number of hydrazine groups is 1. The maximum Gasteiger partial charge on any atom is 0.161 e. The van der Waals surface area contributed by atoms with Gasteiger partial charge in [-0.2, -0.15) is 0 Å². The molecule has 0 saturated heterocycles. The topological polar surface area (TPSA) is 42.5 Å². The summed E-state index contributed by atoms with van der Waals surface area (Å²) in [6.45, 7) is 1.09. The summed E-state index contributed by atoms with van der Waals surface area (Å²) in [6, 6.07) is 23.5. The van der Waals surface area contributed by atoms with Gasteiger partial charge in [0.2, 0.25) is 0 Å². The SMILES string of the molecule is COc1cc(CNNc2ccccc2)ccc1OCc1cccc(Cl)c1. The molecular weight excluding hydrogens is 348 g/mol. The molecule has 0 fully saturated rings. The number of hydrogen-bond donors (Lipinski definition) is 2. The molecule has 0 amide bonds. The Hall–Kier alpha value is -2.69. The number of para-hydroxylation sites is 1. The number of benzene rings is 3. The largest absolute Gasteiger partial charge is 0.493 e. The zero-order valence-electron chi connectivity index (χ0n) is 14.5. The molecule has 0 radical (unpaired) electrons. The smallest absolute Gasteiger partial charge is 0.161 e. The summed E-state index contributed by atoms with van der Waals surface area (Å²) in [5, 5.41) is 0.699. The van der Waals surface area contributed by atoms with Gasteiger partial charge >= 0.3 is 0 Å². The number of rotatable bonds is 8. The highest BCUT2D eigenvalue weighted by Gasteiger charge is 2.06. The van der Waals surface area contributed by atoms with Gasteiger partial charge in [-0.1, -0.05) is 48.0 Å². The van der Waals surface area contributed by atoms with Crippen LogP contribution < -0.4 is 20.3 Å². The van der Waals surface area contributed by atoms with E-state index in [0.717, 1.165) is 16.8 Å². The molecule has 134 valence electrons. The van der Waals surface area contributed by atoms with E-state index in [-0.39, 0.29) is 0 Å². The lowest BCUT2D eigenvalue weighted by Crippen LogP contribution is -2.20. The summed E-state index contributed by atoms with van der Waals surface area (Å²) < 4.78 is 11.3. The Morgan fingerprint density at radius 3 is 2.46 bits per heavy atom. The second-order valence-corrected chi connectivity index (χ2v) is 6.18. The molecule has 0 atom stereocenters. The second kappa shape index (κ2) is 9.13. The predicted molar refractivity (Wildman–Crippen MR) is 106 cm³/mol. The summed E-state index contributed by atoms with van der Waals surface area (Å²) in [6.07, 6.45) is 0. The number of ether oxygens (including phenoxy) is 2. The van der Waals surface area contributed by atoms with Crippen LogP contribution in [-0.2, 0) is 13.2 Å². The lowest BCUT2D eigenvalue weighted by Gasteiger charge is -2.13. The van der Waals surface area contributed by atoms with Crippen LogP contribution in [0.5, 0.6) is 11.5 Å². The highest BCUT2D eigenvalue weighted by Crippen LogP contribution is 2.29. The van der Waals surface area contributed by atoms with Gasteiger partial charge in [-0.15, -0.1) is 0 Å². The molecule has 0 saturated carbocycles. The second-order valence-electron chi connectivity index (χ2n) is 5.75. The first-order valence-corrected chi connectivity index (χ1v) is 8.70. The van der Waals surface area contributed by atoms with Crippen molar-refractivity contribution in [3.8, 4) is 11.5 Å². The maximum atomic E-state index is 6.01. The average molecular weight is 369 g/mol. The van der Waals surface area contributed by atoms with Crippen molar-refractivity contribution in [1.29, 1.82) is 0 Å². The minimum atomic E-state index is 0.435. The van der Waals surface area contributed by atoms with Crippen molar-refractivity contribution in [3.63, 3.8) is 0 Å². The van der Waals surface area contributed by atoms with E-state index in [0.29, 0.717) is 29.7 Å². The molecule has 0 aliphatic heterocycles. The first kappa shape index (κ1) is 18.1. The Morgan fingerprint density at radius 1 is 0.846 bits per heavy atom. The fourth-order valence-electron chi connectivity index (χ4n) is 2.50. The molecule has 0 aromatic heterocycles. The van der Waals surface area contributed by atoms with Crippen LogP contribution in [-0.4, -0.2) is 7.11 Å². The molecule has 3 aromatic rings. The van der Waals surface area contributed by atoms with Gasteiger partial charge in [-0.25, -0.2) is 5.43 Å². The van der Waals surface area contributed by atoms with Crippen molar-refractivity contribution in [2.75, 3.05) is 12.5 Å². The van der Waals surface area contributed by atoms with Crippen LogP contribution in [0.25, 0.3) is 0 Å². The summed E-state index contributed by atoms with van der Waals surface area (Å²) in [5.74, 6) is 1.40. The lowest BCUT2D eigenvalue weighted by atomic mass is 10.2. The molecular formula is C21H21ClN2O2. The van der Waals surface area contributed by atoms with Crippen molar-refractivity contribution in [2.45, 2.75) is 13.2 Å². The third-order valence-corrected chi connectivity index (χ3v) is 4.05. The van der Waals surface area contributed by atoms with Gasteiger partial charge < -0.3 is 14.9 Å². The third kappa shape index (κ3) is 5.15. The van der Waals surface area contributed by atoms with E-state index in [1.807, 2.05) is 72.8 Å². The molecule has 0 unspecified atom stereocenters. The van der Waals surface area contributed by atoms with Crippen LogP contribution in [0.4, 0.5) is 5.69 Å². The van der Waals surface area contributed by atoms with Crippen LogP contribution in [0, 0.1) is 0 Å². The molecule has 0 spiro atoms. The number of methoxy groups -OCH3 is 1. The molecule has 5 heteroatoms. The van der Waals surface area contributed by atoms with Gasteiger partial charge in [0.25, 0.3) is 0 Å². The van der Waals surface area contributed by atoms with E-state index in [1.165, 1.54) is 0 Å². The number of halogens is 1. The zero-order chi connectivity index (χ0) is 18.2. The molecule has 4 nitrogen and oxygen atoms in total. The minimum Gasteiger partial charge on any atom is -0.493 e. The highest BCUT2D eigenvalue weighted by atomic mass is 35.5. The molecule has 3 aromatic carbocycles. The van der Waals surface area contributed by atoms with E-state index in [9.17, 15) is 0 Å². The van der Waals surface area contributed by atoms with Crippen LogP contribution in [0.3, 0.4) is 0 Å². The van der Waals surface area contributed by atoms with E-state index in [2.05, 4.69) is 10.9 Å². The number of nitrogens with one attached hydrogen (secondary N) is 2. The monoisotopic (exact) mass is 368 g/mol. The van der Waals surface area contributed by atoms with E-state index in [4.69, 9.17) is 21.1 Å². The van der Waals surface area contributed by atoms with Gasteiger partial charge in [0.05, 0.1) is 7.11 Å². The average Bonchev–Trinajstić information content (AvgIpc) is 2.67. The quantitative estimate of drug-likeness (QED) is 0.546. The van der Waals surface area contributed by atoms with Crippen LogP contribution in [0.1, 0.15) is 11.1 Å². The van der Waals surface area contributed by atoms with Crippen LogP contribution in [0.2, 0.25) is 5.02 Å². The van der Waals surface area contributed by atoms with Crippen molar-refractivity contribution < 1.29 is 9.47 Å². The van der Waals surface area contributed by atoms with Crippen molar-refractivity contribution >= 4 is 17.3 Å². The summed E-state index contributed by atoms with van der Waals surface area (Å²) in [5.41, 5.74) is 9.46. The Bertz CT molecular complexity index is 840. The highest BCUT2D eigenvalue weighted by molar-refractivity contribution is 6.30. The maximum absolute atomic E-state index is 6.01. The Labute approximate surface area is 158 Å². The summed E-state index contributed by atoms with van der Waals surface area (Å²) >= 11 is 6.01. The van der Waals surface area contributed by atoms with Gasteiger partial charge in [-0.3, -0.25) is 0 Å². The standard InChI is InChI=1S/C21H21ClN2O2/c1-25-21-13-16(14-23-24-19-8-3-2-4-9-19)10-11-20(21)26-15-17-6-5-7-18(22)12-17/h2-13,23-24H,14-15H2,1H3. The number of anilines is 1. The van der Waals surface area contributed by atoms with Crippen LogP contribution >= 0.6 is 11.6 Å². The summed E-state index contributed by atoms with van der Waals surface area (Å²) in [7, 11) is 1.64. The van der Waals surface area contributed by atoms with E-state index >= 15 is 0 Å². The zero-order valence-corrected chi connectivity index (χ0v) is 15.3. The first-order valence-electron chi connectivity index (χ1n) is 8.32. The van der Waals surface area contributed by atoms with Crippen molar-refractivity contribution in [3.05, 3.63) is 88.9 Å². The van der Waals surface area contributed by atoms with Gasteiger partial charge in [0, 0.05) is 17.3 Å². The Balaban J connectivity index is 1.58. The molecule has 2 N–H and O–H groups in total. The fourth-order valence-corrected chi connectivity index (χ4v) is 2.71. The molecule has 26 heavy (non-hydrogen) atoms. The molecule has 0 heterocycles. The fraction of sp³-hybridized carbons (Fsp3) is 0.143. The molecule has 0 aliphatic carbocycles. The van der Waals surface area contributed by atoms with E-state index < -0.39 is 0 Å². The van der Waals surface area contributed by atoms with Gasteiger partial charge in [-0.05, 0) is 47.5 Å². The molecule has 0 bridgehead atoms. The minimum absolute atomic E-state index is 0.435. The lowest BCUT2D eigenvalue weighted by molar-refractivity contribution is 0.284.